The largest absolute Gasteiger partial charge is 0.480 e. The highest BCUT2D eigenvalue weighted by Gasteiger charge is 2.44. The SMILES string of the molecule is CC(C)N(C(=O)CN1CCCC1(C)C(=O)O)C(C)C. The van der Waals surface area contributed by atoms with E-state index in [4.69, 9.17) is 0 Å². The van der Waals surface area contributed by atoms with Gasteiger partial charge < -0.3 is 10.0 Å². The summed E-state index contributed by atoms with van der Waals surface area (Å²) in [5.41, 5.74) is -0.894. The van der Waals surface area contributed by atoms with E-state index in [-0.39, 0.29) is 24.5 Å². The molecule has 1 aliphatic rings. The quantitative estimate of drug-likeness (QED) is 0.824. The van der Waals surface area contributed by atoms with Crippen molar-refractivity contribution in [3.63, 3.8) is 0 Å². The lowest BCUT2D eigenvalue weighted by molar-refractivity contribution is -0.150. The van der Waals surface area contributed by atoms with Gasteiger partial charge in [-0.2, -0.15) is 0 Å². The van der Waals surface area contributed by atoms with Crippen LogP contribution in [0.5, 0.6) is 0 Å². The second-order valence-electron chi connectivity index (χ2n) is 6.09. The van der Waals surface area contributed by atoms with Crippen LogP contribution in [-0.4, -0.2) is 57.5 Å². The Labute approximate surface area is 115 Å². The first-order valence-corrected chi connectivity index (χ1v) is 6.99. The first-order chi connectivity index (χ1) is 8.70. The molecule has 19 heavy (non-hydrogen) atoms. The normalized spacial score (nSPS) is 24.2. The summed E-state index contributed by atoms with van der Waals surface area (Å²) in [6.07, 6.45) is 1.44. The zero-order valence-electron chi connectivity index (χ0n) is 12.6. The molecule has 5 nitrogen and oxygen atoms in total. The van der Waals surface area contributed by atoms with Crippen molar-refractivity contribution in [3.05, 3.63) is 0 Å². The lowest BCUT2D eigenvalue weighted by Crippen LogP contribution is -2.54. The number of amides is 1. The molecule has 1 saturated heterocycles. The molecule has 0 saturated carbocycles. The predicted octanol–water partition coefficient (Wildman–Crippen LogP) is 1.57. The molecule has 1 N–H and O–H groups in total. The molecule has 0 aromatic rings. The highest BCUT2D eigenvalue weighted by atomic mass is 16.4. The maximum atomic E-state index is 12.4. The van der Waals surface area contributed by atoms with Gasteiger partial charge in [0.2, 0.25) is 5.91 Å². The molecular formula is C14H26N2O3. The number of hydrogen-bond donors (Lipinski definition) is 1. The maximum Gasteiger partial charge on any atom is 0.323 e. The van der Waals surface area contributed by atoms with Crippen LogP contribution < -0.4 is 0 Å². The molecule has 0 aromatic carbocycles. The number of carbonyl (C=O) groups excluding carboxylic acids is 1. The van der Waals surface area contributed by atoms with Crippen molar-refractivity contribution in [3.8, 4) is 0 Å². The third kappa shape index (κ3) is 3.26. The fourth-order valence-electron chi connectivity index (χ4n) is 2.93. The molecule has 5 heteroatoms. The van der Waals surface area contributed by atoms with E-state index in [1.165, 1.54) is 0 Å². The van der Waals surface area contributed by atoms with E-state index in [1.54, 1.807) is 11.8 Å². The summed E-state index contributed by atoms with van der Waals surface area (Å²) in [5.74, 6) is -0.821. The molecule has 0 bridgehead atoms. The summed E-state index contributed by atoms with van der Waals surface area (Å²) in [5, 5.41) is 9.35. The lowest BCUT2D eigenvalue weighted by atomic mass is 9.99. The molecule has 1 fully saturated rings. The number of nitrogens with zero attached hydrogens (tertiary/aromatic N) is 2. The first-order valence-electron chi connectivity index (χ1n) is 6.99. The zero-order valence-corrected chi connectivity index (χ0v) is 12.6. The zero-order chi connectivity index (χ0) is 14.8. The maximum absolute atomic E-state index is 12.4. The van der Waals surface area contributed by atoms with E-state index in [1.807, 2.05) is 32.6 Å². The third-order valence-corrected chi connectivity index (χ3v) is 3.98. The minimum absolute atomic E-state index is 0.0133. The van der Waals surface area contributed by atoms with Gasteiger partial charge in [-0.15, -0.1) is 0 Å². The van der Waals surface area contributed by atoms with E-state index < -0.39 is 11.5 Å². The molecule has 0 radical (unpaired) electrons. The second kappa shape index (κ2) is 5.90. The summed E-state index contributed by atoms with van der Waals surface area (Å²) in [4.78, 5) is 27.4. The molecule has 0 aliphatic carbocycles. The van der Waals surface area contributed by atoms with Crippen LogP contribution in [0.3, 0.4) is 0 Å². The van der Waals surface area contributed by atoms with Crippen molar-refractivity contribution in [2.24, 2.45) is 0 Å². The molecule has 1 rings (SSSR count). The summed E-state index contributed by atoms with van der Waals surface area (Å²) < 4.78 is 0. The van der Waals surface area contributed by atoms with Gasteiger partial charge in [-0.1, -0.05) is 0 Å². The Morgan fingerprint density at radius 3 is 2.21 bits per heavy atom. The number of carbonyl (C=O) groups is 2. The monoisotopic (exact) mass is 270 g/mol. The fourth-order valence-corrected chi connectivity index (χ4v) is 2.93. The summed E-state index contributed by atoms with van der Waals surface area (Å²) in [7, 11) is 0. The second-order valence-corrected chi connectivity index (χ2v) is 6.09. The number of aliphatic carboxylic acids is 1. The standard InChI is InChI=1S/C14H26N2O3/c1-10(2)16(11(3)4)12(17)9-15-8-6-7-14(15,5)13(18)19/h10-11H,6-9H2,1-5H3,(H,18,19). The van der Waals surface area contributed by atoms with E-state index in [2.05, 4.69) is 0 Å². The number of carboxylic acid groups (broad SMARTS) is 1. The van der Waals surface area contributed by atoms with Gasteiger partial charge in [0.15, 0.2) is 0 Å². The number of rotatable bonds is 5. The molecular weight excluding hydrogens is 244 g/mol. The molecule has 1 heterocycles. The third-order valence-electron chi connectivity index (χ3n) is 3.98. The van der Waals surface area contributed by atoms with Gasteiger partial charge in [0.1, 0.15) is 5.54 Å². The smallest absolute Gasteiger partial charge is 0.323 e. The Bertz CT molecular complexity index is 347. The molecule has 1 atom stereocenters. The molecule has 0 aromatic heterocycles. The minimum Gasteiger partial charge on any atom is -0.480 e. The first kappa shape index (κ1) is 16.0. The summed E-state index contributed by atoms with van der Waals surface area (Å²) >= 11 is 0. The summed E-state index contributed by atoms with van der Waals surface area (Å²) in [6, 6.07) is 0.261. The van der Waals surface area contributed by atoms with Crippen LogP contribution in [0, 0.1) is 0 Å². The van der Waals surface area contributed by atoms with Crippen LogP contribution in [0.4, 0.5) is 0 Å². The van der Waals surface area contributed by atoms with Crippen LogP contribution in [0.1, 0.15) is 47.5 Å². The van der Waals surface area contributed by atoms with Crippen molar-refractivity contribution in [2.75, 3.05) is 13.1 Å². The molecule has 1 unspecified atom stereocenters. The van der Waals surface area contributed by atoms with Crippen LogP contribution >= 0.6 is 0 Å². The van der Waals surface area contributed by atoms with Gasteiger partial charge >= 0.3 is 5.97 Å². The van der Waals surface area contributed by atoms with E-state index in [0.717, 1.165) is 6.42 Å². The molecule has 110 valence electrons. The average molecular weight is 270 g/mol. The highest BCUT2D eigenvalue weighted by molar-refractivity contribution is 5.82. The van der Waals surface area contributed by atoms with Crippen LogP contribution in [-0.2, 0) is 9.59 Å². The Hall–Kier alpha value is -1.10. The number of likely N-dealkylation sites (tertiary alicyclic amines) is 1. The van der Waals surface area contributed by atoms with Crippen molar-refractivity contribution in [1.29, 1.82) is 0 Å². The number of hydrogen-bond acceptors (Lipinski definition) is 3. The Morgan fingerprint density at radius 1 is 1.26 bits per heavy atom. The van der Waals surface area contributed by atoms with Gasteiger partial charge in [0.05, 0.1) is 6.54 Å². The Balaban J connectivity index is 2.78. The van der Waals surface area contributed by atoms with Crippen LogP contribution in [0.2, 0.25) is 0 Å². The van der Waals surface area contributed by atoms with Crippen molar-refractivity contribution >= 4 is 11.9 Å². The van der Waals surface area contributed by atoms with Gasteiger partial charge in [0, 0.05) is 12.1 Å². The Kier molecular flexibility index (Phi) is 4.96. The highest BCUT2D eigenvalue weighted by Crippen LogP contribution is 2.29. The van der Waals surface area contributed by atoms with Gasteiger partial charge in [0.25, 0.3) is 0 Å². The van der Waals surface area contributed by atoms with E-state index in [9.17, 15) is 14.7 Å². The predicted molar refractivity (Wildman–Crippen MR) is 74.0 cm³/mol. The van der Waals surface area contributed by atoms with E-state index in [0.29, 0.717) is 13.0 Å². The molecule has 1 amide bonds. The van der Waals surface area contributed by atoms with Crippen molar-refractivity contribution < 1.29 is 14.7 Å². The van der Waals surface area contributed by atoms with Crippen LogP contribution in [0.25, 0.3) is 0 Å². The summed E-state index contributed by atoms with van der Waals surface area (Å²) in [6.45, 7) is 10.5. The van der Waals surface area contributed by atoms with E-state index >= 15 is 0 Å². The topological polar surface area (TPSA) is 60.9 Å². The molecule has 0 spiro atoms. The van der Waals surface area contributed by atoms with Crippen molar-refractivity contribution in [2.45, 2.75) is 65.1 Å². The van der Waals surface area contributed by atoms with Gasteiger partial charge in [-0.3, -0.25) is 14.5 Å². The van der Waals surface area contributed by atoms with Gasteiger partial charge in [-0.05, 0) is 54.0 Å². The lowest BCUT2D eigenvalue weighted by Gasteiger charge is -2.36. The van der Waals surface area contributed by atoms with Gasteiger partial charge in [-0.25, -0.2) is 0 Å². The average Bonchev–Trinajstić information content (AvgIpc) is 2.60. The van der Waals surface area contributed by atoms with Crippen LogP contribution in [0.15, 0.2) is 0 Å². The van der Waals surface area contributed by atoms with Crippen molar-refractivity contribution in [1.82, 2.24) is 9.80 Å². The fraction of sp³-hybridized carbons (Fsp3) is 0.857. The number of carboxylic acids is 1. The molecule has 1 aliphatic heterocycles. The minimum atomic E-state index is -0.894. The Morgan fingerprint density at radius 2 is 1.79 bits per heavy atom.